The summed E-state index contributed by atoms with van der Waals surface area (Å²) in [6, 6.07) is 0. The number of aliphatic hydroxyl groups is 2. The quantitative estimate of drug-likeness (QED) is 0.447. The Morgan fingerprint density at radius 3 is 2.27 bits per heavy atom. The van der Waals surface area contributed by atoms with E-state index >= 15 is 0 Å². The standard InChI is InChI=1S/C8H19O5PSe/c1-2-3-4-8(5-9,6-10)7-13-14(11,12)15/h9-10H,2-7H2,1H3,(H2,11,12,15)/p-1. The van der Waals surface area contributed by atoms with Crippen LogP contribution in [0, 0.1) is 5.41 Å². The van der Waals surface area contributed by atoms with Gasteiger partial charge in [-0.15, -0.1) is 0 Å². The molecule has 7 heteroatoms. The van der Waals surface area contributed by atoms with Gasteiger partial charge in [0.15, 0.2) is 0 Å². The summed E-state index contributed by atoms with van der Waals surface area (Å²) in [5, 5.41) is 18.4. The van der Waals surface area contributed by atoms with Crippen LogP contribution in [0.3, 0.4) is 0 Å². The molecule has 0 aliphatic rings. The normalized spacial score (nSPS) is 16.3. The van der Waals surface area contributed by atoms with E-state index in [9.17, 15) is 14.8 Å². The molecule has 0 spiro atoms. The van der Waals surface area contributed by atoms with E-state index in [1.165, 1.54) is 0 Å². The molecule has 0 radical (unpaired) electrons. The third-order valence-corrected chi connectivity index (χ3v) is 3.38. The van der Waals surface area contributed by atoms with Gasteiger partial charge in [-0.2, -0.15) is 0 Å². The van der Waals surface area contributed by atoms with E-state index in [0.717, 1.165) is 12.8 Å². The van der Waals surface area contributed by atoms with Gasteiger partial charge in [-0.3, -0.25) is 0 Å². The summed E-state index contributed by atoms with van der Waals surface area (Å²) in [5.74, 6) is 0. The van der Waals surface area contributed by atoms with Crippen LogP contribution in [0.5, 0.6) is 0 Å². The van der Waals surface area contributed by atoms with Crippen molar-refractivity contribution < 1.29 is 24.2 Å². The molecule has 1 atom stereocenters. The fraction of sp³-hybridized carbons (Fsp3) is 1.00. The Labute approximate surface area is 97.8 Å². The summed E-state index contributed by atoms with van der Waals surface area (Å²) < 4.78 is 15.6. The van der Waals surface area contributed by atoms with E-state index in [1.807, 2.05) is 22.5 Å². The second-order valence-electron chi connectivity index (χ2n) is 3.66. The summed E-state index contributed by atoms with van der Waals surface area (Å²) in [6.07, 6.45) is -1.35. The van der Waals surface area contributed by atoms with Gasteiger partial charge in [-0.25, -0.2) is 0 Å². The van der Waals surface area contributed by atoms with E-state index in [2.05, 4.69) is 0 Å². The Morgan fingerprint density at radius 1 is 1.40 bits per heavy atom. The molecule has 1 unspecified atom stereocenters. The zero-order valence-corrected chi connectivity index (χ0v) is 11.4. The van der Waals surface area contributed by atoms with Crippen LogP contribution in [0.2, 0.25) is 0 Å². The molecule has 0 amide bonds. The number of hydrogen-bond acceptors (Lipinski definition) is 4. The van der Waals surface area contributed by atoms with Gasteiger partial charge in [0.1, 0.15) is 0 Å². The Morgan fingerprint density at radius 2 is 1.93 bits per heavy atom. The van der Waals surface area contributed by atoms with Crippen LogP contribution in [0.4, 0.5) is 0 Å². The summed E-state index contributed by atoms with van der Waals surface area (Å²) >= 11 is 2.02. The maximum atomic E-state index is 10.9. The van der Waals surface area contributed by atoms with Crippen molar-refractivity contribution in [3.63, 3.8) is 0 Å². The average Bonchev–Trinajstić information content (AvgIpc) is 2.18. The van der Waals surface area contributed by atoms with Crippen molar-refractivity contribution in [1.29, 1.82) is 0 Å². The zero-order chi connectivity index (χ0) is 11.9. The van der Waals surface area contributed by atoms with Gasteiger partial charge in [0.05, 0.1) is 0 Å². The number of rotatable bonds is 8. The summed E-state index contributed by atoms with van der Waals surface area (Å²) in [7, 11) is 0. The van der Waals surface area contributed by atoms with E-state index in [1.54, 1.807) is 0 Å². The van der Waals surface area contributed by atoms with Crippen molar-refractivity contribution >= 4 is 21.9 Å². The van der Waals surface area contributed by atoms with Crippen LogP contribution >= 0.6 is 6.29 Å². The van der Waals surface area contributed by atoms with E-state index in [-0.39, 0.29) is 19.8 Å². The minimum absolute atomic E-state index is 0.124. The van der Waals surface area contributed by atoms with Gasteiger partial charge in [-0.05, 0) is 0 Å². The fourth-order valence-corrected chi connectivity index (χ4v) is 1.91. The molecule has 0 aromatic carbocycles. The van der Waals surface area contributed by atoms with Crippen molar-refractivity contribution in [3.05, 3.63) is 0 Å². The van der Waals surface area contributed by atoms with Crippen LogP contribution < -0.4 is 0 Å². The number of unbranched alkanes of at least 4 members (excludes halogenated alkanes) is 1. The monoisotopic (exact) mass is 305 g/mol. The Kier molecular flexibility index (Phi) is 7.30. The first kappa shape index (κ1) is 15.6. The minimum atomic E-state index is -3.67. The molecule has 0 saturated heterocycles. The van der Waals surface area contributed by atoms with Gasteiger partial charge < -0.3 is 0 Å². The SMILES string of the molecule is CCCCC(CO)(CO)COP(=O)(O)[Se-]. The summed E-state index contributed by atoms with van der Waals surface area (Å²) in [6.45, 7) is 1.35. The molecule has 5 nitrogen and oxygen atoms in total. The van der Waals surface area contributed by atoms with E-state index < -0.39 is 11.7 Å². The molecular formula is C8H18O5PSe-. The average molecular weight is 304 g/mol. The Balaban J connectivity index is 4.29. The molecule has 0 aromatic rings. The predicted molar refractivity (Wildman–Crippen MR) is 57.7 cm³/mol. The van der Waals surface area contributed by atoms with Crippen molar-refractivity contribution in [2.45, 2.75) is 26.2 Å². The molecule has 0 aromatic heterocycles. The molecule has 92 valence electrons. The van der Waals surface area contributed by atoms with Gasteiger partial charge in [-0.1, -0.05) is 0 Å². The molecule has 0 rings (SSSR count). The second-order valence-corrected chi connectivity index (χ2v) is 7.76. The first-order chi connectivity index (χ1) is 6.89. The molecule has 0 saturated carbocycles. The van der Waals surface area contributed by atoms with Crippen molar-refractivity contribution in [2.24, 2.45) is 5.41 Å². The van der Waals surface area contributed by atoms with Crippen molar-refractivity contribution in [2.75, 3.05) is 19.8 Å². The number of hydrogen-bond donors (Lipinski definition) is 3. The fourth-order valence-electron chi connectivity index (χ4n) is 1.14. The van der Waals surface area contributed by atoms with Crippen LogP contribution in [-0.2, 0) is 9.09 Å². The molecule has 3 N–H and O–H groups in total. The third-order valence-electron chi connectivity index (χ3n) is 2.27. The van der Waals surface area contributed by atoms with Gasteiger partial charge >= 0.3 is 97.5 Å². The molecular weight excluding hydrogens is 286 g/mol. The Hall–Kier alpha value is 0.589. The van der Waals surface area contributed by atoms with Gasteiger partial charge in [0.2, 0.25) is 0 Å². The Bertz CT molecular complexity index is 213. The van der Waals surface area contributed by atoms with Crippen LogP contribution in [-0.4, -0.2) is 50.5 Å². The molecule has 0 heterocycles. The predicted octanol–water partition coefficient (Wildman–Crippen LogP) is 0.433. The third kappa shape index (κ3) is 6.69. The molecule has 0 aliphatic heterocycles. The van der Waals surface area contributed by atoms with Crippen molar-refractivity contribution in [1.82, 2.24) is 0 Å². The first-order valence-electron chi connectivity index (χ1n) is 4.79. The topological polar surface area (TPSA) is 87.0 Å². The maximum absolute atomic E-state index is 10.9. The van der Waals surface area contributed by atoms with Gasteiger partial charge in [0, 0.05) is 0 Å². The van der Waals surface area contributed by atoms with E-state index in [0.29, 0.717) is 6.42 Å². The molecule has 0 aliphatic carbocycles. The molecule has 15 heavy (non-hydrogen) atoms. The zero-order valence-electron chi connectivity index (χ0n) is 8.76. The van der Waals surface area contributed by atoms with Crippen LogP contribution in [0.1, 0.15) is 26.2 Å². The van der Waals surface area contributed by atoms with Crippen molar-refractivity contribution in [3.8, 4) is 0 Å². The van der Waals surface area contributed by atoms with Crippen LogP contribution in [0.15, 0.2) is 0 Å². The number of aliphatic hydroxyl groups excluding tert-OH is 2. The first-order valence-corrected chi connectivity index (χ1v) is 8.58. The second kappa shape index (κ2) is 7.02. The van der Waals surface area contributed by atoms with Crippen LogP contribution in [0.25, 0.3) is 0 Å². The summed E-state index contributed by atoms with van der Waals surface area (Å²) in [4.78, 5) is 8.91. The molecule has 0 fully saturated rings. The molecule has 0 bridgehead atoms. The van der Waals surface area contributed by atoms with E-state index in [4.69, 9.17) is 9.42 Å². The van der Waals surface area contributed by atoms with Gasteiger partial charge in [0.25, 0.3) is 0 Å². The summed E-state index contributed by atoms with van der Waals surface area (Å²) in [5.41, 5.74) is -0.821.